The zero-order chi connectivity index (χ0) is 13.0. The molecule has 18 heavy (non-hydrogen) atoms. The third kappa shape index (κ3) is 3.43. The van der Waals surface area contributed by atoms with E-state index in [0.29, 0.717) is 18.3 Å². The van der Waals surface area contributed by atoms with Gasteiger partial charge in [0, 0.05) is 17.6 Å². The number of hydrogen-bond donors (Lipinski definition) is 1. The van der Waals surface area contributed by atoms with E-state index in [-0.39, 0.29) is 0 Å². The van der Waals surface area contributed by atoms with Crippen molar-refractivity contribution in [3.63, 3.8) is 0 Å². The summed E-state index contributed by atoms with van der Waals surface area (Å²) in [5, 5.41) is 2.98. The number of aromatic nitrogens is 2. The van der Waals surface area contributed by atoms with E-state index in [1.54, 1.807) is 6.07 Å². The van der Waals surface area contributed by atoms with Gasteiger partial charge in [-0.1, -0.05) is 28.1 Å². The van der Waals surface area contributed by atoms with Crippen LogP contribution in [0.5, 0.6) is 5.88 Å². The Balaban J connectivity index is 2.08. The molecule has 94 valence electrons. The third-order valence-corrected chi connectivity index (χ3v) is 2.84. The van der Waals surface area contributed by atoms with E-state index in [4.69, 9.17) is 4.74 Å². The summed E-state index contributed by atoms with van der Waals surface area (Å²) in [6, 6.07) is 9.78. The van der Waals surface area contributed by atoms with Crippen LogP contribution in [-0.4, -0.2) is 17.0 Å². The summed E-state index contributed by atoms with van der Waals surface area (Å²) < 4.78 is 6.70. The van der Waals surface area contributed by atoms with Gasteiger partial charge in [0.15, 0.2) is 0 Å². The van der Waals surface area contributed by atoms with Crippen molar-refractivity contribution >= 4 is 21.7 Å². The number of benzene rings is 1. The first-order valence-corrected chi connectivity index (χ1v) is 6.37. The van der Waals surface area contributed by atoms with E-state index in [2.05, 4.69) is 31.2 Å². The quantitative estimate of drug-likeness (QED) is 0.942. The fraction of sp³-hybridized carbons (Fsp3) is 0.231. The standard InChI is InChI=1S/C13H14BrN3O/c1-9-16-12(15-2)7-13(17-9)18-8-10-4-3-5-11(14)6-10/h3-7H,8H2,1-2H3,(H,15,16,17). The molecule has 0 bridgehead atoms. The maximum absolute atomic E-state index is 5.66. The molecule has 0 aliphatic heterocycles. The Labute approximate surface area is 115 Å². The maximum atomic E-state index is 5.66. The molecule has 5 heteroatoms. The predicted molar refractivity (Wildman–Crippen MR) is 74.8 cm³/mol. The van der Waals surface area contributed by atoms with Gasteiger partial charge < -0.3 is 10.1 Å². The number of halogens is 1. The molecule has 0 spiro atoms. The minimum atomic E-state index is 0.485. The molecule has 4 nitrogen and oxygen atoms in total. The molecule has 2 aromatic rings. The first-order chi connectivity index (χ1) is 8.67. The fourth-order valence-corrected chi connectivity index (χ4v) is 1.97. The minimum absolute atomic E-state index is 0.485. The van der Waals surface area contributed by atoms with Crippen LogP contribution in [0, 0.1) is 6.92 Å². The van der Waals surface area contributed by atoms with Crippen molar-refractivity contribution in [3.05, 3.63) is 46.2 Å². The summed E-state index contributed by atoms with van der Waals surface area (Å²) in [5.41, 5.74) is 1.09. The molecule has 2 rings (SSSR count). The number of nitrogens with zero attached hydrogens (tertiary/aromatic N) is 2. The smallest absolute Gasteiger partial charge is 0.219 e. The molecule has 0 unspecified atom stereocenters. The van der Waals surface area contributed by atoms with Crippen LogP contribution in [0.2, 0.25) is 0 Å². The summed E-state index contributed by atoms with van der Waals surface area (Å²) in [6.45, 7) is 2.33. The fourth-order valence-electron chi connectivity index (χ4n) is 1.53. The lowest BCUT2D eigenvalue weighted by atomic mass is 10.2. The van der Waals surface area contributed by atoms with Crippen molar-refractivity contribution in [2.75, 3.05) is 12.4 Å². The first kappa shape index (κ1) is 12.8. The average Bonchev–Trinajstić information content (AvgIpc) is 2.36. The van der Waals surface area contributed by atoms with Crippen LogP contribution < -0.4 is 10.1 Å². The second-order valence-corrected chi connectivity index (χ2v) is 4.72. The number of hydrogen-bond acceptors (Lipinski definition) is 4. The van der Waals surface area contributed by atoms with Gasteiger partial charge in [0.25, 0.3) is 0 Å². The Kier molecular flexibility index (Phi) is 4.15. The Hall–Kier alpha value is -1.62. The summed E-state index contributed by atoms with van der Waals surface area (Å²) in [7, 11) is 1.82. The molecular formula is C13H14BrN3O. The van der Waals surface area contributed by atoms with Gasteiger partial charge in [-0.2, -0.15) is 4.98 Å². The second kappa shape index (κ2) is 5.82. The Morgan fingerprint density at radius 3 is 2.83 bits per heavy atom. The van der Waals surface area contributed by atoms with Gasteiger partial charge in [-0.05, 0) is 24.6 Å². The number of rotatable bonds is 4. The van der Waals surface area contributed by atoms with Gasteiger partial charge in [0.05, 0.1) is 0 Å². The molecule has 0 atom stereocenters. The van der Waals surface area contributed by atoms with Crippen LogP contribution in [0.4, 0.5) is 5.82 Å². The van der Waals surface area contributed by atoms with E-state index >= 15 is 0 Å². The van der Waals surface area contributed by atoms with Crippen molar-refractivity contribution in [2.24, 2.45) is 0 Å². The van der Waals surface area contributed by atoms with Gasteiger partial charge in [-0.25, -0.2) is 4.98 Å². The van der Waals surface area contributed by atoms with Crippen LogP contribution >= 0.6 is 15.9 Å². The maximum Gasteiger partial charge on any atom is 0.219 e. The van der Waals surface area contributed by atoms with Crippen LogP contribution in [-0.2, 0) is 6.61 Å². The monoisotopic (exact) mass is 307 g/mol. The predicted octanol–water partition coefficient (Wildman–Crippen LogP) is 3.17. The summed E-state index contributed by atoms with van der Waals surface area (Å²) in [6.07, 6.45) is 0. The highest BCUT2D eigenvalue weighted by molar-refractivity contribution is 9.10. The third-order valence-electron chi connectivity index (χ3n) is 2.35. The lowest BCUT2D eigenvalue weighted by Crippen LogP contribution is -2.02. The summed E-state index contributed by atoms with van der Waals surface area (Å²) in [5.74, 6) is 2.02. The van der Waals surface area contributed by atoms with Crippen molar-refractivity contribution in [3.8, 4) is 5.88 Å². The number of anilines is 1. The second-order valence-electron chi connectivity index (χ2n) is 3.81. The molecule has 0 saturated heterocycles. The Morgan fingerprint density at radius 1 is 1.28 bits per heavy atom. The largest absolute Gasteiger partial charge is 0.473 e. The van der Waals surface area contributed by atoms with Crippen molar-refractivity contribution in [1.29, 1.82) is 0 Å². The van der Waals surface area contributed by atoms with E-state index in [1.807, 2.05) is 38.2 Å². The molecule has 0 radical (unpaired) electrons. The highest BCUT2D eigenvalue weighted by Gasteiger charge is 2.02. The van der Waals surface area contributed by atoms with E-state index in [0.717, 1.165) is 15.9 Å². The van der Waals surface area contributed by atoms with E-state index in [9.17, 15) is 0 Å². The van der Waals surface area contributed by atoms with E-state index < -0.39 is 0 Å². The van der Waals surface area contributed by atoms with Crippen molar-refractivity contribution in [2.45, 2.75) is 13.5 Å². The number of ether oxygens (including phenoxy) is 1. The molecule has 0 aliphatic carbocycles. The van der Waals surface area contributed by atoms with Crippen LogP contribution in [0.3, 0.4) is 0 Å². The normalized spacial score (nSPS) is 10.2. The lowest BCUT2D eigenvalue weighted by molar-refractivity contribution is 0.292. The lowest BCUT2D eigenvalue weighted by Gasteiger charge is -2.08. The highest BCUT2D eigenvalue weighted by atomic mass is 79.9. The molecule has 1 aromatic heterocycles. The molecule has 0 fully saturated rings. The van der Waals surface area contributed by atoms with Gasteiger partial charge in [0.1, 0.15) is 18.2 Å². The summed E-state index contributed by atoms with van der Waals surface area (Å²) >= 11 is 3.43. The zero-order valence-corrected chi connectivity index (χ0v) is 11.9. The van der Waals surface area contributed by atoms with E-state index in [1.165, 1.54) is 0 Å². The Morgan fingerprint density at radius 2 is 2.11 bits per heavy atom. The SMILES string of the molecule is CNc1cc(OCc2cccc(Br)c2)nc(C)n1. The van der Waals surface area contributed by atoms with Gasteiger partial charge in [0.2, 0.25) is 5.88 Å². The zero-order valence-electron chi connectivity index (χ0n) is 10.3. The molecule has 1 aromatic carbocycles. The summed E-state index contributed by atoms with van der Waals surface area (Å²) in [4.78, 5) is 8.45. The number of aryl methyl sites for hydroxylation is 1. The highest BCUT2D eigenvalue weighted by Crippen LogP contribution is 2.16. The minimum Gasteiger partial charge on any atom is -0.473 e. The van der Waals surface area contributed by atoms with Crippen LogP contribution in [0.15, 0.2) is 34.8 Å². The van der Waals surface area contributed by atoms with Crippen LogP contribution in [0.25, 0.3) is 0 Å². The van der Waals surface area contributed by atoms with Crippen molar-refractivity contribution in [1.82, 2.24) is 9.97 Å². The van der Waals surface area contributed by atoms with Crippen molar-refractivity contribution < 1.29 is 4.74 Å². The Bertz CT molecular complexity index is 546. The van der Waals surface area contributed by atoms with Gasteiger partial charge in [-0.15, -0.1) is 0 Å². The molecule has 1 heterocycles. The molecule has 0 saturated carbocycles. The van der Waals surface area contributed by atoms with Crippen LogP contribution in [0.1, 0.15) is 11.4 Å². The first-order valence-electron chi connectivity index (χ1n) is 5.58. The molecule has 0 amide bonds. The number of nitrogens with one attached hydrogen (secondary N) is 1. The molecule has 1 N–H and O–H groups in total. The van der Waals surface area contributed by atoms with Gasteiger partial charge in [-0.3, -0.25) is 0 Å². The van der Waals surface area contributed by atoms with Gasteiger partial charge >= 0.3 is 0 Å². The topological polar surface area (TPSA) is 47.0 Å². The average molecular weight is 308 g/mol. The molecule has 0 aliphatic rings. The molecular weight excluding hydrogens is 294 g/mol.